The fourth-order valence-corrected chi connectivity index (χ4v) is 3.40. The molecule has 3 nitrogen and oxygen atoms in total. The Morgan fingerprint density at radius 2 is 1.80 bits per heavy atom. The van der Waals surface area contributed by atoms with E-state index in [1.54, 1.807) is 0 Å². The van der Waals surface area contributed by atoms with E-state index in [4.69, 9.17) is 0 Å². The van der Waals surface area contributed by atoms with Gasteiger partial charge >= 0.3 is 0 Å². The highest BCUT2D eigenvalue weighted by molar-refractivity contribution is 8.04. The zero-order valence-corrected chi connectivity index (χ0v) is 13.0. The maximum Gasteiger partial charge on any atom is 0.275 e. The molecule has 0 radical (unpaired) electrons. The lowest BCUT2D eigenvalue weighted by Gasteiger charge is -2.06. The molecule has 0 saturated heterocycles. The summed E-state index contributed by atoms with van der Waals surface area (Å²) in [4.78, 5) is 0. The summed E-state index contributed by atoms with van der Waals surface area (Å²) in [6.07, 6.45) is 4.02. The van der Waals surface area contributed by atoms with Gasteiger partial charge in [-0.2, -0.15) is 12.0 Å². The van der Waals surface area contributed by atoms with Crippen molar-refractivity contribution < 1.29 is 12.0 Å². The summed E-state index contributed by atoms with van der Waals surface area (Å²) >= 11 is 1.01. The molecule has 0 fully saturated rings. The first-order valence-corrected chi connectivity index (χ1v) is 9.27. The standard InChI is InChI=1S/C15H18O3S2/c1-20(16,17)18-19-12-5-4-8-14-10-6-9-13-7-2-3-11-15(13)14/h2-3,6-7,9-11H,4-5,8,12H2,1H3. The van der Waals surface area contributed by atoms with E-state index in [1.165, 1.54) is 16.3 Å². The van der Waals surface area contributed by atoms with Crippen molar-refractivity contribution in [2.45, 2.75) is 19.3 Å². The van der Waals surface area contributed by atoms with E-state index in [-0.39, 0.29) is 0 Å². The highest BCUT2D eigenvalue weighted by Crippen LogP contribution is 2.20. The van der Waals surface area contributed by atoms with Crippen LogP contribution in [0.25, 0.3) is 10.8 Å². The normalized spacial score (nSPS) is 11.8. The maximum absolute atomic E-state index is 10.8. The first kappa shape index (κ1) is 15.4. The van der Waals surface area contributed by atoms with Gasteiger partial charge in [-0.15, -0.1) is 0 Å². The van der Waals surface area contributed by atoms with Gasteiger partial charge in [0.1, 0.15) is 0 Å². The van der Waals surface area contributed by atoms with Gasteiger partial charge in [0.2, 0.25) is 0 Å². The molecule has 0 unspecified atom stereocenters. The molecule has 2 rings (SSSR count). The van der Waals surface area contributed by atoms with Crippen molar-refractivity contribution in [2.24, 2.45) is 0 Å². The van der Waals surface area contributed by atoms with Crippen LogP contribution in [0.3, 0.4) is 0 Å². The lowest BCUT2D eigenvalue weighted by atomic mass is 10.0. The van der Waals surface area contributed by atoms with Crippen LogP contribution in [-0.2, 0) is 20.2 Å². The Hall–Kier alpha value is -1.04. The molecule has 108 valence electrons. The summed E-state index contributed by atoms with van der Waals surface area (Å²) in [5.41, 5.74) is 1.34. The zero-order chi connectivity index (χ0) is 14.4. The van der Waals surface area contributed by atoms with Crippen molar-refractivity contribution in [1.82, 2.24) is 0 Å². The molecular weight excluding hydrogens is 292 g/mol. The van der Waals surface area contributed by atoms with E-state index < -0.39 is 10.1 Å². The number of benzene rings is 2. The molecule has 20 heavy (non-hydrogen) atoms. The van der Waals surface area contributed by atoms with E-state index in [2.05, 4.69) is 40.0 Å². The van der Waals surface area contributed by atoms with Crippen LogP contribution in [0.15, 0.2) is 42.5 Å². The number of aryl methyl sites for hydroxylation is 1. The fourth-order valence-electron chi connectivity index (χ4n) is 2.11. The lowest BCUT2D eigenvalue weighted by Crippen LogP contribution is -1.97. The highest BCUT2D eigenvalue weighted by atomic mass is 32.3. The predicted molar refractivity (Wildman–Crippen MR) is 85.3 cm³/mol. The second-order valence-corrected chi connectivity index (χ2v) is 7.29. The first-order chi connectivity index (χ1) is 9.56. The lowest BCUT2D eigenvalue weighted by molar-refractivity contribution is 0.525. The molecule has 0 spiro atoms. The Morgan fingerprint density at radius 1 is 1.05 bits per heavy atom. The summed E-state index contributed by atoms with van der Waals surface area (Å²) < 4.78 is 26.2. The average molecular weight is 310 g/mol. The van der Waals surface area contributed by atoms with Gasteiger partial charge in [0.15, 0.2) is 0 Å². The molecule has 0 aliphatic heterocycles. The summed E-state index contributed by atoms with van der Waals surface area (Å²) in [6.45, 7) is 0. The largest absolute Gasteiger partial charge is 0.275 e. The summed E-state index contributed by atoms with van der Waals surface area (Å²) in [5.74, 6) is 0.692. The fraction of sp³-hybridized carbons (Fsp3) is 0.333. The minimum atomic E-state index is -3.33. The maximum atomic E-state index is 10.8. The van der Waals surface area contributed by atoms with Crippen molar-refractivity contribution in [3.63, 3.8) is 0 Å². The molecule has 0 N–H and O–H groups in total. The van der Waals surface area contributed by atoms with Crippen molar-refractivity contribution >= 4 is 32.9 Å². The van der Waals surface area contributed by atoms with Crippen LogP contribution < -0.4 is 0 Å². The summed E-state index contributed by atoms with van der Waals surface area (Å²) in [7, 11) is -3.33. The van der Waals surface area contributed by atoms with Gasteiger partial charge in [0, 0.05) is 17.8 Å². The number of rotatable bonds is 7. The summed E-state index contributed by atoms with van der Waals surface area (Å²) in [5, 5.41) is 2.56. The Kier molecular flexibility index (Phi) is 5.46. The smallest absolute Gasteiger partial charge is 0.199 e. The van der Waals surface area contributed by atoms with Gasteiger partial charge in [-0.3, -0.25) is 0 Å². The van der Waals surface area contributed by atoms with Gasteiger partial charge in [0.05, 0.1) is 6.26 Å². The number of unbranched alkanes of at least 4 members (excludes halogenated alkanes) is 1. The van der Waals surface area contributed by atoms with Gasteiger partial charge in [-0.05, 0) is 35.6 Å². The molecule has 2 aromatic carbocycles. The topological polar surface area (TPSA) is 43.4 Å². The number of fused-ring (bicyclic) bond motifs is 1. The average Bonchev–Trinajstić information content (AvgIpc) is 2.41. The van der Waals surface area contributed by atoms with Gasteiger partial charge in [0.25, 0.3) is 10.1 Å². The van der Waals surface area contributed by atoms with Crippen molar-refractivity contribution in [2.75, 3.05) is 12.0 Å². The van der Waals surface area contributed by atoms with E-state index in [1.807, 2.05) is 6.07 Å². The molecule has 0 heterocycles. The molecule has 0 aliphatic rings. The van der Waals surface area contributed by atoms with Gasteiger partial charge in [-0.25, -0.2) is 0 Å². The Balaban J connectivity index is 1.82. The van der Waals surface area contributed by atoms with Crippen LogP contribution in [0, 0.1) is 0 Å². The van der Waals surface area contributed by atoms with Crippen LogP contribution >= 0.6 is 12.0 Å². The molecular formula is C15H18O3S2. The minimum absolute atomic E-state index is 0.692. The number of hydrogen-bond acceptors (Lipinski definition) is 4. The molecule has 0 bridgehead atoms. The van der Waals surface area contributed by atoms with Gasteiger partial charge in [-0.1, -0.05) is 42.5 Å². The van der Waals surface area contributed by atoms with Crippen LogP contribution in [0.4, 0.5) is 0 Å². The molecule has 0 aromatic heterocycles. The monoisotopic (exact) mass is 310 g/mol. The van der Waals surface area contributed by atoms with Crippen molar-refractivity contribution in [3.8, 4) is 0 Å². The third-order valence-corrected chi connectivity index (χ3v) is 4.80. The first-order valence-electron chi connectivity index (χ1n) is 6.54. The van der Waals surface area contributed by atoms with Crippen LogP contribution in [0.1, 0.15) is 18.4 Å². The molecule has 0 atom stereocenters. The zero-order valence-electron chi connectivity index (χ0n) is 11.4. The quantitative estimate of drug-likeness (QED) is 0.576. The van der Waals surface area contributed by atoms with Crippen LogP contribution in [0.2, 0.25) is 0 Å². The van der Waals surface area contributed by atoms with Crippen LogP contribution in [-0.4, -0.2) is 20.4 Å². The van der Waals surface area contributed by atoms with E-state index in [9.17, 15) is 8.42 Å². The highest BCUT2D eigenvalue weighted by Gasteiger charge is 2.03. The van der Waals surface area contributed by atoms with E-state index >= 15 is 0 Å². The third kappa shape index (κ3) is 4.81. The second kappa shape index (κ2) is 7.11. The van der Waals surface area contributed by atoms with Crippen molar-refractivity contribution in [3.05, 3.63) is 48.0 Å². The second-order valence-electron chi connectivity index (χ2n) is 4.69. The van der Waals surface area contributed by atoms with Crippen LogP contribution in [0.5, 0.6) is 0 Å². The predicted octanol–water partition coefficient (Wildman–Crippen LogP) is 3.79. The third-order valence-electron chi connectivity index (χ3n) is 2.98. The molecule has 0 saturated carbocycles. The molecule has 0 amide bonds. The van der Waals surface area contributed by atoms with Crippen molar-refractivity contribution in [1.29, 1.82) is 0 Å². The summed E-state index contributed by atoms with van der Waals surface area (Å²) in [6, 6.07) is 14.7. The molecule has 5 heteroatoms. The van der Waals surface area contributed by atoms with E-state index in [0.29, 0.717) is 5.75 Å². The Morgan fingerprint density at radius 3 is 2.60 bits per heavy atom. The van der Waals surface area contributed by atoms with E-state index in [0.717, 1.165) is 37.6 Å². The molecule has 0 aliphatic carbocycles. The molecule has 2 aromatic rings. The van der Waals surface area contributed by atoms with Gasteiger partial charge < -0.3 is 0 Å². The Labute approximate surface area is 124 Å². The minimum Gasteiger partial charge on any atom is -0.199 e. The Bertz CT molecular complexity index is 660. The SMILES string of the molecule is CS(=O)(=O)OSCCCCc1cccc2ccccc12. The number of hydrogen-bond donors (Lipinski definition) is 0.